The molecule has 0 unspecified atom stereocenters. The molecular weight excluding hydrogens is 384 g/mol. The molecular formula is C19H17BrN2O3. The maximum atomic E-state index is 12.2. The van der Waals surface area contributed by atoms with Crippen LogP contribution in [0.3, 0.4) is 0 Å². The first-order chi connectivity index (χ1) is 12.0. The Labute approximate surface area is 154 Å². The van der Waals surface area contributed by atoms with Gasteiger partial charge in [0, 0.05) is 18.6 Å². The minimum Gasteiger partial charge on any atom is -0.496 e. The van der Waals surface area contributed by atoms with E-state index in [-0.39, 0.29) is 11.6 Å². The molecule has 0 amide bonds. The first kappa shape index (κ1) is 17.2. The van der Waals surface area contributed by atoms with Gasteiger partial charge < -0.3 is 14.4 Å². The van der Waals surface area contributed by atoms with E-state index < -0.39 is 5.97 Å². The van der Waals surface area contributed by atoms with Gasteiger partial charge >= 0.3 is 5.97 Å². The minimum absolute atomic E-state index is 0.248. The highest BCUT2D eigenvalue weighted by Gasteiger charge is 2.26. The van der Waals surface area contributed by atoms with Crippen molar-refractivity contribution in [3.05, 3.63) is 63.8 Å². The lowest BCUT2D eigenvalue weighted by Gasteiger charge is -2.14. The van der Waals surface area contributed by atoms with Crippen LogP contribution in [0.4, 0.5) is 5.69 Å². The number of aliphatic imine (C=N–C) groups is 1. The third kappa shape index (κ3) is 3.58. The summed E-state index contributed by atoms with van der Waals surface area (Å²) in [6.45, 7) is 0. The Balaban J connectivity index is 1.95. The number of anilines is 1. The van der Waals surface area contributed by atoms with Gasteiger partial charge in [0.1, 0.15) is 5.75 Å². The molecule has 25 heavy (non-hydrogen) atoms. The van der Waals surface area contributed by atoms with Gasteiger partial charge in [-0.3, -0.25) is 0 Å². The van der Waals surface area contributed by atoms with Crippen molar-refractivity contribution in [1.29, 1.82) is 0 Å². The van der Waals surface area contributed by atoms with Crippen LogP contribution >= 0.6 is 15.9 Å². The van der Waals surface area contributed by atoms with Gasteiger partial charge in [0.2, 0.25) is 5.90 Å². The van der Waals surface area contributed by atoms with Crippen LogP contribution < -0.4 is 9.64 Å². The second-order valence-electron chi connectivity index (χ2n) is 5.64. The predicted octanol–water partition coefficient (Wildman–Crippen LogP) is 3.87. The number of carbonyl (C=O) groups excluding carboxylic acids is 1. The lowest BCUT2D eigenvalue weighted by atomic mass is 10.1. The Morgan fingerprint density at radius 3 is 2.64 bits per heavy atom. The maximum Gasteiger partial charge on any atom is 0.363 e. The van der Waals surface area contributed by atoms with E-state index in [2.05, 4.69) is 20.9 Å². The van der Waals surface area contributed by atoms with Crippen molar-refractivity contribution in [3.63, 3.8) is 0 Å². The molecule has 3 rings (SSSR count). The van der Waals surface area contributed by atoms with Crippen LogP contribution in [-0.4, -0.2) is 33.1 Å². The fourth-order valence-corrected chi connectivity index (χ4v) is 3.23. The number of rotatable bonds is 4. The number of nitrogens with zero attached hydrogens (tertiary/aromatic N) is 2. The third-order valence-electron chi connectivity index (χ3n) is 3.71. The zero-order valence-corrected chi connectivity index (χ0v) is 15.7. The van der Waals surface area contributed by atoms with Crippen molar-refractivity contribution in [2.24, 2.45) is 4.99 Å². The number of benzene rings is 2. The number of hydrogen-bond acceptors (Lipinski definition) is 5. The molecule has 1 aliphatic heterocycles. The molecule has 2 aromatic rings. The van der Waals surface area contributed by atoms with Crippen LogP contribution in [-0.2, 0) is 9.53 Å². The summed E-state index contributed by atoms with van der Waals surface area (Å²) < 4.78 is 11.5. The van der Waals surface area contributed by atoms with Crippen LogP contribution in [0.2, 0.25) is 0 Å². The second kappa shape index (κ2) is 7.11. The van der Waals surface area contributed by atoms with Gasteiger partial charge in [0.05, 0.1) is 18.4 Å². The van der Waals surface area contributed by atoms with Gasteiger partial charge in [-0.05, 0) is 51.8 Å². The Kier molecular flexibility index (Phi) is 4.90. The number of halogens is 1. The van der Waals surface area contributed by atoms with Crippen molar-refractivity contribution in [2.45, 2.75) is 0 Å². The molecule has 128 valence electrons. The highest BCUT2D eigenvalue weighted by atomic mass is 79.9. The van der Waals surface area contributed by atoms with E-state index in [0.717, 1.165) is 15.7 Å². The molecule has 0 saturated heterocycles. The van der Waals surface area contributed by atoms with Gasteiger partial charge in [0.25, 0.3) is 0 Å². The molecule has 0 saturated carbocycles. The lowest BCUT2D eigenvalue weighted by Crippen LogP contribution is -2.09. The monoisotopic (exact) mass is 400 g/mol. The van der Waals surface area contributed by atoms with Gasteiger partial charge in [-0.25, -0.2) is 9.79 Å². The highest BCUT2D eigenvalue weighted by Crippen LogP contribution is 2.28. The Morgan fingerprint density at radius 1 is 1.20 bits per heavy atom. The van der Waals surface area contributed by atoms with E-state index in [1.807, 2.05) is 49.3 Å². The van der Waals surface area contributed by atoms with Crippen LogP contribution in [0.25, 0.3) is 6.08 Å². The van der Waals surface area contributed by atoms with Crippen molar-refractivity contribution in [3.8, 4) is 5.75 Å². The topological polar surface area (TPSA) is 51.1 Å². The molecule has 0 atom stereocenters. The predicted molar refractivity (Wildman–Crippen MR) is 102 cm³/mol. The van der Waals surface area contributed by atoms with E-state index in [1.54, 1.807) is 25.3 Å². The van der Waals surface area contributed by atoms with Gasteiger partial charge in [-0.1, -0.05) is 18.2 Å². The number of methoxy groups -OCH3 is 1. The first-order valence-electron chi connectivity index (χ1n) is 7.62. The molecule has 0 fully saturated rings. The fourth-order valence-electron chi connectivity index (χ4n) is 2.48. The molecule has 1 aliphatic rings. The molecule has 0 bridgehead atoms. The summed E-state index contributed by atoms with van der Waals surface area (Å²) in [7, 11) is 5.50. The summed E-state index contributed by atoms with van der Waals surface area (Å²) >= 11 is 3.54. The number of cyclic esters (lactones) is 1. The van der Waals surface area contributed by atoms with Crippen molar-refractivity contribution in [1.82, 2.24) is 0 Å². The van der Waals surface area contributed by atoms with Crippen LogP contribution in [0, 0.1) is 0 Å². The smallest absolute Gasteiger partial charge is 0.363 e. The summed E-state index contributed by atoms with van der Waals surface area (Å²) in [4.78, 5) is 18.5. The lowest BCUT2D eigenvalue weighted by molar-refractivity contribution is -0.129. The zero-order chi connectivity index (χ0) is 18.0. The number of para-hydroxylation sites is 1. The molecule has 5 nitrogen and oxygen atoms in total. The zero-order valence-electron chi connectivity index (χ0n) is 14.1. The molecule has 0 aliphatic carbocycles. The molecule has 0 N–H and O–H groups in total. The van der Waals surface area contributed by atoms with E-state index in [4.69, 9.17) is 9.47 Å². The van der Waals surface area contributed by atoms with Gasteiger partial charge in [-0.2, -0.15) is 0 Å². The van der Waals surface area contributed by atoms with Crippen LogP contribution in [0.15, 0.2) is 57.6 Å². The molecule has 0 aromatic heterocycles. The van der Waals surface area contributed by atoms with E-state index >= 15 is 0 Å². The molecule has 2 aromatic carbocycles. The quantitative estimate of drug-likeness (QED) is 0.577. The normalized spacial score (nSPS) is 15.1. The summed E-state index contributed by atoms with van der Waals surface area (Å²) in [5.74, 6) is 0.375. The van der Waals surface area contributed by atoms with Crippen molar-refractivity contribution in [2.75, 3.05) is 26.1 Å². The fraction of sp³-hybridized carbons (Fsp3) is 0.158. The van der Waals surface area contributed by atoms with Crippen molar-refractivity contribution >= 4 is 39.6 Å². The van der Waals surface area contributed by atoms with E-state index in [1.165, 1.54) is 0 Å². The van der Waals surface area contributed by atoms with Crippen LogP contribution in [0.1, 0.15) is 11.1 Å². The largest absolute Gasteiger partial charge is 0.496 e. The summed E-state index contributed by atoms with van der Waals surface area (Å²) in [6, 6.07) is 13.1. The van der Waals surface area contributed by atoms with Gasteiger partial charge in [0.15, 0.2) is 5.70 Å². The first-order valence-corrected chi connectivity index (χ1v) is 8.41. The average molecular weight is 401 g/mol. The Morgan fingerprint density at radius 2 is 1.96 bits per heavy atom. The summed E-state index contributed by atoms with van der Waals surface area (Å²) in [5.41, 5.74) is 2.81. The molecule has 1 heterocycles. The van der Waals surface area contributed by atoms with E-state index in [9.17, 15) is 4.79 Å². The SMILES string of the molecule is COc1ccccc1C1=N/C(=C/c2ccc(N(C)C)c(Br)c2)C(=O)O1. The average Bonchev–Trinajstić information content (AvgIpc) is 2.95. The standard InChI is InChI=1S/C19H17BrN2O3/c1-22(2)16-9-8-12(10-14(16)20)11-15-19(23)25-18(21-15)13-6-4-5-7-17(13)24-3/h4-11H,1-3H3/b15-11+. The summed E-state index contributed by atoms with van der Waals surface area (Å²) in [5, 5.41) is 0. The number of hydrogen-bond donors (Lipinski definition) is 0. The number of esters is 1. The van der Waals surface area contributed by atoms with Crippen LogP contribution in [0.5, 0.6) is 5.75 Å². The van der Waals surface area contributed by atoms with Crippen molar-refractivity contribution < 1.29 is 14.3 Å². The molecule has 0 spiro atoms. The number of carbonyl (C=O) groups is 1. The number of ether oxygens (including phenoxy) is 2. The molecule has 6 heteroatoms. The van der Waals surface area contributed by atoms with Gasteiger partial charge in [-0.15, -0.1) is 0 Å². The summed E-state index contributed by atoms with van der Waals surface area (Å²) in [6.07, 6.45) is 1.70. The maximum absolute atomic E-state index is 12.2. The third-order valence-corrected chi connectivity index (χ3v) is 4.35. The minimum atomic E-state index is -0.478. The Bertz CT molecular complexity index is 888. The molecule has 0 radical (unpaired) electrons. The highest BCUT2D eigenvalue weighted by molar-refractivity contribution is 9.10. The van der Waals surface area contributed by atoms with E-state index in [0.29, 0.717) is 11.3 Å². The Hall–Kier alpha value is -2.60. The second-order valence-corrected chi connectivity index (χ2v) is 6.50.